The van der Waals surface area contributed by atoms with Crippen LogP contribution in [-0.4, -0.2) is 70.9 Å². The van der Waals surface area contributed by atoms with Gasteiger partial charge in [-0.2, -0.15) is 0 Å². The van der Waals surface area contributed by atoms with Gasteiger partial charge in [-0.25, -0.2) is 0 Å². The molecule has 0 saturated carbocycles. The van der Waals surface area contributed by atoms with Crippen molar-refractivity contribution < 1.29 is 9.59 Å². The monoisotopic (exact) mass is 311 g/mol. The predicted molar refractivity (Wildman–Crippen MR) is 84.3 cm³/mol. The van der Waals surface area contributed by atoms with Gasteiger partial charge in [-0.05, 0) is 38.4 Å². The van der Waals surface area contributed by atoms with Crippen LogP contribution in [0.5, 0.6) is 0 Å². The van der Waals surface area contributed by atoms with Gasteiger partial charge < -0.3 is 15.1 Å². The molecule has 0 aromatic rings. The third-order valence-corrected chi connectivity index (χ3v) is 6.41. The number of nitrogens with zero attached hydrogens (tertiary/aromatic N) is 2. The van der Waals surface area contributed by atoms with E-state index in [9.17, 15) is 9.59 Å². The van der Waals surface area contributed by atoms with Crippen LogP contribution in [-0.2, 0) is 9.59 Å². The summed E-state index contributed by atoms with van der Waals surface area (Å²) in [6.07, 6.45) is 3.84. The van der Waals surface area contributed by atoms with Crippen LogP contribution < -0.4 is 5.32 Å². The summed E-state index contributed by atoms with van der Waals surface area (Å²) < 4.78 is -0.299. The van der Waals surface area contributed by atoms with Crippen molar-refractivity contribution in [2.24, 2.45) is 0 Å². The maximum Gasteiger partial charge on any atom is 0.245 e. The van der Waals surface area contributed by atoms with Crippen LogP contribution in [0.2, 0.25) is 0 Å². The summed E-state index contributed by atoms with van der Waals surface area (Å²) in [4.78, 5) is 29.4. The Morgan fingerprint density at radius 2 is 1.95 bits per heavy atom. The molecule has 21 heavy (non-hydrogen) atoms. The van der Waals surface area contributed by atoms with Crippen molar-refractivity contribution in [3.63, 3.8) is 0 Å². The molecule has 3 fully saturated rings. The first kappa shape index (κ1) is 15.2. The van der Waals surface area contributed by atoms with Gasteiger partial charge in [-0.1, -0.05) is 0 Å². The molecule has 3 aliphatic rings. The molecule has 0 aromatic heterocycles. The molecule has 3 heterocycles. The lowest BCUT2D eigenvalue weighted by Crippen LogP contribution is -2.55. The number of carbonyl (C=O) groups excluding carboxylic acids is 2. The number of nitrogens with one attached hydrogen (secondary N) is 1. The number of thioether (sulfide) groups is 1. The Kier molecular flexibility index (Phi) is 4.45. The van der Waals surface area contributed by atoms with Crippen LogP contribution in [0, 0.1) is 0 Å². The Balaban J connectivity index is 1.69. The average Bonchev–Trinajstić information content (AvgIpc) is 3.16. The fourth-order valence-corrected chi connectivity index (χ4v) is 4.88. The summed E-state index contributed by atoms with van der Waals surface area (Å²) in [7, 11) is 0. The van der Waals surface area contributed by atoms with E-state index in [4.69, 9.17) is 0 Å². The van der Waals surface area contributed by atoms with E-state index in [-0.39, 0.29) is 22.6 Å². The lowest BCUT2D eigenvalue weighted by Gasteiger charge is -2.35. The first-order valence-electron chi connectivity index (χ1n) is 8.06. The number of rotatable bonds is 2. The van der Waals surface area contributed by atoms with Gasteiger partial charge in [0.25, 0.3) is 0 Å². The number of piperazine rings is 1. The Labute approximate surface area is 130 Å². The number of hydrogen-bond acceptors (Lipinski definition) is 4. The van der Waals surface area contributed by atoms with Crippen molar-refractivity contribution in [1.82, 2.24) is 15.1 Å². The molecule has 0 aromatic carbocycles. The van der Waals surface area contributed by atoms with E-state index < -0.39 is 0 Å². The zero-order valence-corrected chi connectivity index (χ0v) is 13.6. The molecule has 2 unspecified atom stereocenters. The van der Waals surface area contributed by atoms with E-state index in [1.165, 1.54) is 0 Å². The first-order chi connectivity index (χ1) is 10.1. The molecular formula is C15H25N3O2S. The van der Waals surface area contributed by atoms with Crippen molar-refractivity contribution >= 4 is 23.6 Å². The van der Waals surface area contributed by atoms with Gasteiger partial charge in [0.1, 0.15) is 6.04 Å². The molecule has 3 aliphatic heterocycles. The summed E-state index contributed by atoms with van der Waals surface area (Å²) in [5.41, 5.74) is 0. The highest BCUT2D eigenvalue weighted by Crippen LogP contribution is 2.40. The number of hydrogen-bond donors (Lipinski definition) is 1. The van der Waals surface area contributed by atoms with Gasteiger partial charge in [-0.3, -0.25) is 9.59 Å². The van der Waals surface area contributed by atoms with E-state index in [0.29, 0.717) is 0 Å². The van der Waals surface area contributed by atoms with Gasteiger partial charge in [-0.15, -0.1) is 11.8 Å². The minimum atomic E-state index is -0.299. The predicted octanol–water partition coefficient (Wildman–Crippen LogP) is 0.695. The van der Waals surface area contributed by atoms with E-state index in [1.54, 1.807) is 11.8 Å². The number of likely N-dealkylation sites (tertiary alicyclic amines) is 1. The van der Waals surface area contributed by atoms with Gasteiger partial charge in [0, 0.05) is 32.7 Å². The summed E-state index contributed by atoms with van der Waals surface area (Å²) in [5, 5.41) is 3.27. The topological polar surface area (TPSA) is 52.7 Å². The molecule has 5 nitrogen and oxygen atoms in total. The fraction of sp³-hybridized carbons (Fsp3) is 0.867. The second-order valence-corrected chi connectivity index (χ2v) is 8.01. The summed E-state index contributed by atoms with van der Waals surface area (Å²) in [6.45, 7) is 6.06. The van der Waals surface area contributed by atoms with Crippen LogP contribution in [0.25, 0.3) is 0 Å². The fourth-order valence-electron chi connectivity index (χ4n) is 3.61. The SMILES string of the molecule is CC1(C(=O)N2CCCC2C(=O)N2CCNCC2)CCCS1. The summed E-state index contributed by atoms with van der Waals surface area (Å²) >= 11 is 1.76. The highest BCUT2D eigenvalue weighted by molar-refractivity contribution is 8.01. The maximum absolute atomic E-state index is 12.9. The molecule has 0 aliphatic carbocycles. The van der Waals surface area contributed by atoms with Crippen molar-refractivity contribution in [3.8, 4) is 0 Å². The molecule has 2 amide bonds. The van der Waals surface area contributed by atoms with Crippen molar-refractivity contribution in [2.75, 3.05) is 38.5 Å². The Hall–Kier alpha value is -0.750. The first-order valence-corrected chi connectivity index (χ1v) is 9.05. The van der Waals surface area contributed by atoms with Crippen molar-refractivity contribution in [3.05, 3.63) is 0 Å². The number of amides is 2. The molecule has 0 radical (unpaired) electrons. The largest absolute Gasteiger partial charge is 0.338 e. The van der Waals surface area contributed by atoms with Crippen LogP contribution in [0.1, 0.15) is 32.6 Å². The van der Waals surface area contributed by atoms with Crippen molar-refractivity contribution in [1.29, 1.82) is 0 Å². The van der Waals surface area contributed by atoms with Gasteiger partial charge >= 0.3 is 0 Å². The number of carbonyl (C=O) groups is 2. The average molecular weight is 311 g/mol. The molecule has 0 bridgehead atoms. The van der Waals surface area contributed by atoms with E-state index >= 15 is 0 Å². The minimum absolute atomic E-state index is 0.161. The molecule has 2 atom stereocenters. The summed E-state index contributed by atoms with van der Waals surface area (Å²) in [5.74, 6) is 1.41. The Morgan fingerprint density at radius 3 is 2.62 bits per heavy atom. The third-order valence-electron chi connectivity index (χ3n) is 4.90. The smallest absolute Gasteiger partial charge is 0.245 e. The molecule has 118 valence electrons. The normalized spacial score (nSPS) is 33.5. The van der Waals surface area contributed by atoms with Crippen LogP contribution in [0.4, 0.5) is 0 Å². The lowest BCUT2D eigenvalue weighted by molar-refractivity contribution is -0.145. The van der Waals surface area contributed by atoms with Crippen molar-refractivity contribution in [2.45, 2.75) is 43.4 Å². The van der Waals surface area contributed by atoms with Crippen LogP contribution in [0.3, 0.4) is 0 Å². The zero-order valence-electron chi connectivity index (χ0n) is 12.8. The lowest BCUT2D eigenvalue weighted by atomic mass is 10.0. The van der Waals surface area contributed by atoms with Gasteiger partial charge in [0.15, 0.2) is 0 Å². The molecule has 1 N–H and O–H groups in total. The second-order valence-electron chi connectivity index (χ2n) is 6.41. The van der Waals surface area contributed by atoms with Gasteiger partial charge in [0.05, 0.1) is 4.75 Å². The quantitative estimate of drug-likeness (QED) is 0.815. The molecule has 3 rings (SSSR count). The van der Waals surface area contributed by atoms with Crippen LogP contribution in [0.15, 0.2) is 0 Å². The molecule has 0 spiro atoms. The van der Waals surface area contributed by atoms with E-state index in [2.05, 4.69) is 12.2 Å². The molecule has 6 heteroatoms. The third kappa shape index (κ3) is 2.93. The molecular weight excluding hydrogens is 286 g/mol. The van der Waals surface area contributed by atoms with E-state index in [1.807, 2.05) is 9.80 Å². The Morgan fingerprint density at radius 1 is 1.19 bits per heavy atom. The highest BCUT2D eigenvalue weighted by Gasteiger charge is 2.45. The standard InChI is InChI=1S/C15H25N3O2S/c1-15(5-3-11-21-15)14(20)18-8-2-4-12(18)13(19)17-9-6-16-7-10-17/h12,16H,2-11H2,1H3. The second kappa shape index (κ2) is 6.16. The summed E-state index contributed by atoms with van der Waals surface area (Å²) in [6, 6.07) is -0.214. The highest BCUT2D eigenvalue weighted by atomic mass is 32.2. The Bertz CT molecular complexity index is 417. The van der Waals surface area contributed by atoms with Crippen LogP contribution >= 0.6 is 11.8 Å². The van der Waals surface area contributed by atoms with Gasteiger partial charge in [0.2, 0.25) is 11.8 Å². The zero-order chi connectivity index (χ0) is 14.9. The maximum atomic E-state index is 12.9. The molecule has 3 saturated heterocycles. The van der Waals surface area contributed by atoms with E-state index in [0.717, 1.165) is 64.2 Å². The minimum Gasteiger partial charge on any atom is -0.338 e.